The number of carbonyl (C=O) groups is 2. The maximum Gasteiger partial charge on any atom is 0.228 e. The zero-order valence-corrected chi connectivity index (χ0v) is 16.7. The lowest BCUT2D eigenvalue weighted by Gasteiger charge is -2.36. The number of para-hydroxylation sites is 2. The Morgan fingerprint density at radius 2 is 1.86 bits per heavy atom. The highest BCUT2D eigenvalue weighted by molar-refractivity contribution is 6.01. The molecule has 2 amide bonds. The van der Waals surface area contributed by atoms with Crippen LogP contribution in [-0.2, 0) is 9.59 Å². The number of hydrogen-bond acceptors (Lipinski definition) is 5. The van der Waals surface area contributed by atoms with Crippen molar-refractivity contribution in [1.29, 1.82) is 0 Å². The molecule has 29 heavy (non-hydrogen) atoms. The fourth-order valence-corrected chi connectivity index (χ4v) is 4.02. The average Bonchev–Trinajstić information content (AvgIpc) is 3.16. The van der Waals surface area contributed by atoms with E-state index in [1.807, 2.05) is 54.3 Å². The number of amides is 2. The Morgan fingerprint density at radius 1 is 1.10 bits per heavy atom. The van der Waals surface area contributed by atoms with E-state index in [9.17, 15) is 9.59 Å². The van der Waals surface area contributed by atoms with Crippen LogP contribution >= 0.6 is 0 Å². The third kappa shape index (κ3) is 4.04. The maximum atomic E-state index is 13.1. The lowest BCUT2D eigenvalue weighted by Crippen LogP contribution is -2.51. The van der Waals surface area contributed by atoms with Crippen LogP contribution in [0.15, 0.2) is 48.7 Å². The predicted octanol–water partition coefficient (Wildman–Crippen LogP) is 2.18. The van der Waals surface area contributed by atoms with Gasteiger partial charge < -0.3 is 19.4 Å². The van der Waals surface area contributed by atoms with Crippen molar-refractivity contribution in [2.75, 3.05) is 49.1 Å². The second-order valence-electron chi connectivity index (χ2n) is 7.31. The molecule has 0 N–H and O–H groups in total. The number of benzene rings is 1. The molecular weight excluding hydrogens is 368 g/mol. The summed E-state index contributed by atoms with van der Waals surface area (Å²) < 4.78 is 5.66. The Labute approximate surface area is 170 Å². The van der Waals surface area contributed by atoms with Crippen molar-refractivity contribution in [2.24, 2.45) is 5.92 Å². The van der Waals surface area contributed by atoms with Gasteiger partial charge >= 0.3 is 0 Å². The SMILES string of the molecule is CCOc1ccccc1N1CC(C(=O)N2CCN(c3ccccn3)CC2)CC1=O. The zero-order valence-electron chi connectivity index (χ0n) is 16.7. The first kappa shape index (κ1) is 19.2. The van der Waals surface area contributed by atoms with Crippen molar-refractivity contribution >= 4 is 23.3 Å². The number of pyridine rings is 1. The third-order valence-corrected chi connectivity index (χ3v) is 5.49. The molecule has 0 bridgehead atoms. The molecule has 0 radical (unpaired) electrons. The van der Waals surface area contributed by atoms with E-state index in [0.29, 0.717) is 32.0 Å². The first-order valence-corrected chi connectivity index (χ1v) is 10.1. The van der Waals surface area contributed by atoms with E-state index in [2.05, 4.69) is 9.88 Å². The second-order valence-corrected chi connectivity index (χ2v) is 7.31. The molecule has 2 aliphatic heterocycles. The molecular formula is C22H26N4O3. The summed E-state index contributed by atoms with van der Waals surface area (Å²) >= 11 is 0. The highest BCUT2D eigenvalue weighted by atomic mass is 16.5. The van der Waals surface area contributed by atoms with Gasteiger partial charge in [-0.2, -0.15) is 0 Å². The van der Waals surface area contributed by atoms with Gasteiger partial charge in [0.15, 0.2) is 0 Å². The molecule has 2 saturated heterocycles. The normalized spacial score (nSPS) is 19.6. The standard InChI is InChI=1S/C22H26N4O3/c1-2-29-19-8-4-3-7-18(19)26-16-17(15-21(26)27)22(28)25-13-11-24(12-14-25)20-9-5-6-10-23-20/h3-10,17H,2,11-16H2,1H3. The molecule has 2 aliphatic rings. The van der Waals surface area contributed by atoms with Crippen LogP contribution in [0.2, 0.25) is 0 Å². The average molecular weight is 394 g/mol. The number of hydrogen-bond donors (Lipinski definition) is 0. The molecule has 0 spiro atoms. The Balaban J connectivity index is 1.39. The van der Waals surface area contributed by atoms with Crippen LogP contribution < -0.4 is 14.5 Å². The van der Waals surface area contributed by atoms with E-state index in [0.717, 1.165) is 24.6 Å². The van der Waals surface area contributed by atoms with Crippen LogP contribution in [0.3, 0.4) is 0 Å². The molecule has 7 heteroatoms. The fraction of sp³-hybridized carbons (Fsp3) is 0.409. The summed E-state index contributed by atoms with van der Waals surface area (Å²) in [6.45, 7) is 5.65. The summed E-state index contributed by atoms with van der Waals surface area (Å²) in [5.74, 6) is 1.35. The largest absolute Gasteiger partial charge is 0.492 e. The van der Waals surface area contributed by atoms with Gasteiger partial charge in [-0.25, -0.2) is 4.98 Å². The van der Waals surface area contributed by atoms with E-state index in [1.54, 1.807) is 11.1 Å². The van der Waals surface area contributed by atoms with Crippen molar-refractivity contribution < 1.29 is 14.3 Å². The number of piperazine rings is 1. The van der Waals surface area contributed by atoms with Crippen molar-refractivity contribution in [1.82, 2.24) is 9.88 Å². The van der Waals surface area contributed by atoms with Crippen LogP contribution in [0.25, 0.3) is 0 Å². The summed E-state index contributed by atoms with van der Waals surface area (Å²) in [4.78, 5) is 35.9. The third-order valence-electron chi connectivity index (χ3n) is 5.49. The zero-order chi connectivity index (χ0) is 20.2. The van der Waals surface area contributed by atoms with Gasteiger partial charge in [0.2, 0.25) is 11.8 Å². The van der Waals surface area contributed by atoms with Crippen LogP contribution in [-0.4, -0.2) is 61.0 Å². The van der Waals surface area contributed by atoms with Crippen molar-refractivity contribution in [3.63, 3.8) is 0 Å². The molecule has 0 saturated carbocycles. The molecule has 4 rings (SSSR count). The number of nitrogens with zero attached hydrogens (tertiary/aromatic N) is 4. The maximum absolute atomic E-state index is 13.1. The summed E-state index contributed by atoms with van der Waals surface area (Å²) in [6, 6.07) is 13.4. The van der Waals surface area contributed by atoms with Crippen LogP contribution in [0.1, 0.15) is 13.3 Å². The Bertz CT molecular complexity index is 865. The van der Waals surface area contributed by atoms with Gasteiger partial charge in [-0.05, 0) is 31.2 Å². The van der Waals surface area contributed by atoms with Crippen molar-refractivity contribution in [2.45, 2.75) is 13.3 Å². The molecule has 2 fully saturated rings. The predicted molar refractivity (Wildman–Crippen MR) is 111 cm³/mol. The van der Waals surface area contributed by atoms with Crippen LogP contribution in [0.4, 0.5) is 11.5 Å². The van der Waals surface area contributed by atoms with E-state index >= 15 is 0 Å². The summed E-state index contributed by atoms with van der Waals surface area (Å²) in [5.41, 5.74) is 0.745. The molecule has 1 aromatic heterocycles. The Morgan fingerprint density at radius 3 is 2.59 bits per heavy atom. The minimum Gasteiger partial charge on any atom is -0.492 e. The monoisotopic (exact) mass is 394 g/mol. The van der Waals surface area contributed by atoms with E-state index in [-0.39, 0.29) is 24.2 Å². The second kappa shape index (κ2) is 8.51. The number of ether oxygens (including phenoxy) is 1. The number of anilines is 2. The molecule has 7 nitrogen and oxygen atoms in total. The topological polar surface area (TPSA) is 66.0 Å². The number of rotatable bonds is 5. The molecule has 2 aromatic rings. The van der Waals surface area contributed by atoms with Crippen molar-refractivity contribution in [3.05, 3.63) is 48.7 Å². The highest BCUT2D eigenvalue weighted by Crippen LogP contribution is 2.33. The molecule has 0 aliphatic carbocycles. The molecule has 152 valence electrons. The van der Waals surface area contributed by atoms with Gasteiger partial charge in [0.1, 0.15) is 11.6 Å². The van der Waals surface area contributed by atoms with E-state index in [1.165, 1.54) is 0 Å². The van der Waals surface area contributed by atoms with Gasteiger partial charge in [0.05, 0.1) is 18.2 Å². The number of aromatic nitrogens is 1. The molecule has 1 aromatic carbocycles. The summed E-state index contributed by atoms with van der Waals surface area (Å²) in [6.07, 6.45) is 2.03. The molecule has 1 unspecified atom stereocenters. The molecule has 3 heterocycles. The van der Waals surface area contributed by atoms with Crippen LogP contribution in [0.5, 0.6) is 5.75 Å². The lowest BCUT2D eigenvalue weighted by molar-refractivity contribution is -0.136. The first-order chi connectivity index (χ1) is 14.2. The minimum absolute atomic E-state index is 0.0253. The Kier molecular flexibility index (Phi) is 5.64. The smallest absolute Gasteiger partial charge is 0.228 e. The minimum atomic E-state index is -0.307. The quantitative estimate of drug-likeness (QED) is 0.778. The number of carbonyl (C=O) groups excluding carboxylic acids is 2. The Hall–Kier alpha value is -3.09. The van der Waals surface area contributed by atoms with Gasteiger partial charge in [-0.1, -0.05) is 18.2 Å². The van der Waals surface area contributed by atoms with E-state index < -0.39 is 0 Å². The van der Waals surface area contributed by atoms with Gasteiger partial charge in [-0.15, -0.1) is 0 Å². The van der Waals surface area contributed by atoms with Gasteiger partial charge in [0.25, 0.3) is 0 Å². The summed E-state index contributed by atoms with van der Waals surface area (Å²) in [5, 5.41) is 0. The fourth-order valence-electron chi connectivity index (χ4n) is 4.02. The lowest BCUT2D eigenvalue weighted by atomic mass is 10.1. The van der Waals surface area contributed by atoms with Crippen LogP contribution in [0, 0.1) is 5.92 Å². The van der Waals surface area contributed by atoms with Gasteiger partial charge in [0, 0.05) is 45.3 Å². The summed E-state index contributed by atoms with van der Waals surface area (Å²) in [7, 11) is 0. The first-order valence-electron chi connectivity index (χ1n) is 10.1. The van der Waals surface area contributed by atoms with E-state index in [4.69, 9.17) is 4.74 Å². The van der Waals surface area contributed by atoms with Gasteiger partial charge in [-0.3, -0.25) is 9.59 Å². The molecule has 1 atom stereocenters. The highest BCUT2D eigenvalue weighted by Gasteiger charge is 2.38. The van der Waals surface area contributed by atoms with Crippen molar-refractivity contribution in [3.8, 4) is 5.75 Å².